The van der Waals surface area contributed by atoms with Crippen LogP contribution in [-0.2, 0) is 0 Å². The summed E-state index contributed by atoms with van der Waals surface area (Å²) in [5.74, 6) is 0. The van der Waals surface area contributed by atoms with Gasteiger partial charge in [0, 0.05) is 10.0 Å². The molecule has 2 aromatic carbocycles. The summed E-state index contributed by atoms with van der Waals surface area (Å²) < 4.78 is 2.99. The van der Waals surface area contributed by atoms with Gasteiger partial charge in [-0.25, -0.2) is 4.68 Å². The molecule has 0 amide bonds. The number of anilines is 1. The average molecular weight is 369 g/mol. The van der Waals surface area contributed by atoms with E-state index in [0.29, 0.717) is 0 Å². The van der Waals surface area contributed by atoms with Crippen molar-refractivity contribution in [2.24, 2.45) is 5.10 Å². The van der Waals surface area contributed by atoms with E-state index >= 15 is 0 Å². The maximum Gasteiger partial charge on any atom is 0.0689 e. The summed E-state index contributed by atoms with van der Waals surface area (Å²) in [6, 6.07) is 18.0. The van der Waals surface area contributed by atoms with E-state index in [4.69, 9.17) is 0 Å². The first-order valence-corrected chi connectivity index (χ1v) is 8.11. The Hall–Kier alpha value is -2.40. The van der Waals surface area contributed by atoms with Gasteiger partial charge in [0.2, 0.25) is 0 Å². The van der Waals surface area contributed by atoms with Gasteiger partial charge in [-0.05, 0) is 50.2 Å². The zero-order chi connectivity index (χ0) is 16.2. The number of aromatic nitrogens is 2. The van der Waals surface area contributed by atoms with Gasteiger partial charge in [-0.1, -0.05) is 34.1 Å². The molecule has 1 N–H and O–H groups in total. The number of halogens is 1. The topological polar surface area (TPSA) is 42.2 Å². The van der Waals surface area contributed by atoms with Gasteiger partial charge in [0.25, 0.3) is 0 Å². The van der Waals surface area contributed by atoms with Crippen molar-refractivity contribution >= 4 is 27.8 Å². The number of hydrogen-bond acceptors (Lipinski definition) is 3. The molecule has 0 saturated carbocycles. The summed E-state index contributed by atoms with van der Waals surface area (Å²) in [7, 11) is 0. The third-order valence-electron chi connectivity index (χ3n) is 3.58. The Morgan fingerprint density at radius 3 is 2.43 bits per heavy atom. The first-order chi connectivity index (χ1) is 11.1. The van der Waals surface area contributed by atoms with Crippen molar-refractivity contribution in [2.75, 3.05) is 5.43 Å². The van der Waals surface area contributed by atoms with E-state index in [1.165, 1.54) is 0 Å². The minimum Gasteiger partial charge on any atom is -0.279 e. The Morgan fingerprint density at radius 1 is 1.04 bits per heavy atom. The number of nitrogens with zero attached hydrogens (tertiary/aromatic N) is 3. The van der Waals surface area contributed by atoms with Gasteiger partial charge in [0.1, 0.15) is 0 Å². The summed E-state index contributed by atoms with van der Waals surface area (Å²) in [5, 5.41) is 8.94. The molecule has 1 aromatic heterocycles. The number of para-hydroxylation sites is 1. The lowest BCUT2D eigenvalue weighted by atomic mass is 10.2. The molecule has 1 heterocycles. The zero-order valence-corrected chi connectivity index (χ0v) is 14.6. The second-order valence-electron chi connectivity index (χ2n) is 5.21. The molecule has 0 bridgehead atoms. The Labute approximate surface area is 144 Å². The fourth-order valence-electron chi connectivity index (χ4n) is 2.36. The number of hydrazone groups is 1. The molecule has 116 valence electrons. The maximum atomic E-state index is 4.61. The molecule has 0 saturated heterocycles. The largest absolute Gasteiger partial charge is 0.279 e. The van der Waals surface area contributed by atoms with E-state index in [0.717, 1.165) is 32.8 Å². The molecule has 0 radical (unpaired) electrons. The summed E-state index contributed by atoms with van der Waals surface area (Å²) >= 11 is 3.42. The highest BCUT2D eigenvalue weighted by Crippen LogP contribution is 2.17. The molecule has 3 rings (SSSR count). The third kappa shape index (κ3) is 3.51. The van der Waals surface area contributed by atoms with Crippen molar-refractivity contribution in [3.63, 3.8) is 0 Å². The fraction of sp³-hybridized carbons (Fsp3) is 0.111. The molecule has 0 atom stereocenters. The van der Waals surface area contributed by atoms with Crippen LogP contribution in [0.2, 0.25) is 0 Å². The monoisotopic (exact) mass is 368 g/mol. The Bertz CT molecular complexity index is 820. The molecule has 0 unspecified atom stereocenters. The van der Waals surface area contributed by atoms with Crippen molar-refractivity contribution in [3.05, 3.63) is 76.0 Å². The highest BCUT2D eigenvalue weighted by molar-refractivity contribution is 9.10. The third-order valence-corrected chi connectivity index (χ3v) is 4.11. The first-order valence-electron chi connectivity index (χ1n) is 7.31. The normalized spacial score (nSPS) is 11.1. The number of hydrogen-bond donors (Lipinski definition) is 1. The van der Waals surface area contributed by atoms with Crippen LogP contribution in [0.1, 0.15) is 17.0 Å². The van der Waals surface area contributed by atoms with Gasteiger partial charge < -0.3 is 0 Å². The lowest BCUT2D eigenvalue weighted by Crippen LogP contribution is -1.99. The smallest absolute Gasteiger partial charge is 0.0689 e. The lowest BCUT2D eigenvalue weighted by Gasteiger charge is -2.03. The Kier molecular flexibility index (Phi) is 4.57. The van der Waals surface area contributed by atoms with E-state index in [2.05, 4.69) is 31.6 Å². The van der Waals surface area contributed by atoms with E-state index in [-0.39, 0.29) is 0 Å². The molecule has 4 nitrogen and oxygen atoms in total. The second-order valence-corrected chi connectivity index (χ2v) is 6.12. The standard InChI is InChI=1S/C18H17BrN4/c1-13-18(12-20-21-16-10-8-15(19)9-11-16)14(2)23(22-13)17-6-4-3-5-7-17/h3-12,21H,1-2H3/b20-12+. The molecular formula is C18H17BrN4. The predicted octanol–water partition coefficient (Wildman–Crippen LogP) is 4.70. The maximum absolute atomic E-state index is 4.61. The van der Waals surface area contributed by atoms with Crippen LogP contribution in [0.5, 0.6) is 0 Å². The SMILES string of the molecule is Cc1nn(-c2ccccc2)c(C)c1/C=N/Nc1ccc(Br)cc1. The minimum atomic E-state index is 0.940. The molecule has 0 aliphatic carbocycles. The zero-order valence-electron chi connectivity index (χ0n) is 13.0. The highest BCUT2D eigenvalue weighted by atomic mass is 79.9. The van der Waals surface area contributed by atoms with Gasteiger partial charge in [-0.15, -0.1) is 0 Å². The Morgan fingerprint density at radius 2 is 1.74 bits per heavy atom. The number of aryl methyl sites for hydroxylation is 1. The highest BCUT2D eigenvalue weighted by Gasteiger charge is 2.10. The summed E-state index contributed by atoms with van der Waals surface area (Å²) in [5.41, 5.74) is 8.07. The van der Waals surface area contributed by atoms with Gasteiger partial charge in [0.15, 0.2) is 0 Å². The van der Waals surface area contributed by atoms with Gasteiger partial charge in [-0.3, -0.25) is 5.43 Å². The number of rotatable bonds is 4. The van der Waals surface area contributed by atoms with Gasteiger partial charge in [0.05, 0.1) is 29.0 Å². The fourth-order valence-corrected chi connectivity index (χ4v) is 2.62. The van der Waals surface area contributed by atoms with Crippen LogP contribution in [0.3, 0.4) is 0 Å². The molecule has 3 aromatic rings. The first kappa shape index (κ1) is 15.5. The number of benzene rings is 2. The van der Waals surface area contributed by atoms with E-state index in [1.807, 2.05) is 79.3 Å². The molecule has 0 aliphatic rings. The van der Waals surface area contributed by atoms with Crippen molar-refractivity contribution < 1.29 is 0 Å². The van der Waals surface area contributed by atoms with E-state index in [1.54, 1.807) is 0 Å². The van der Waals surface area contributed by atoms with Crippen molar-refractivity contribution in [3.8, 4) is 5.69 Å². The van der Waals surface area contributed by atoms with Crippen LogP contribution in [-0.4, -0.2) is 16.0 Å². The van der Waals surface area contributed by atoms with Crippen LogP contribution >= 0.6 is 15.9 Å². The van der Waals surface area contributed by atoms with Crippen LogP contribution in [0.25, 0.3) is 5.69 Å². The van der Waals surface area contributed by atoms with E-state index in [9.17, 15) is 0 Å². The van der Waals surface area contributed by atoms with E-state index < -0.39 is 0 Å². The summed E-state index contributed by atoms with van der Waals surface area (Å²) in [6.07, 6.45) is 1.82. The summed E-state index contributed by atoms with van der Waals surface area (Å²) in [6.45, 7) is 4.04. The van der Waals surface area contributed by atoms with Crippen LogP contribution in [0, 0.1) is 13.8 Å². The molecule has 0 spiro atoms. The van der Waals surface area contributed by atoms with Crippen molar-refractivity contribution in [1.29, 1.82) is 0 Å². The van der Waals surface area contributed by atoms with Crippen LogP contribution in [0.4, 0.5) is 5.69 Å². The molecule has 0 fully saturated rings. The average Bonchev–Trinajstić information content (AvgIpc) is 2.85. The minimum absolute atomic E-state index is 0.940. The summed E-state index contributed by atoms with van der Waals surface area (Å²) in [4.78, 5) is 0. The van der Waals surface area contributed by atoms with Gasteiger partial charge >= 0.3 is 0 Å². The molecular weight excluding hydrogens is 352 g/mol. The molecule has 23 heavy (non-hydrogen) atoms. The van der Waals surface area contributed by atoms with Crippen molar-refractivity contribution in [2.45, 2.75) is 13.8 Å². The quantitative estimate of drug-likeness (QED) is 0.535. The van der Waals surface area contributed by atoms with Crippen LogP contribution < -0.4 is 5.43 Å². The van der Waals surface area contributed by atoms with Gasteiger partial charge in [-0.2, -0.15) is 10.2 Å². The predicted molar refractivity (Wildman–Crippen MR) is 98.4 cm³/mol. The lowest BCUT2D eigenvalue weighted by molar-refractivity contribution is 0.833. The Balaban J connectivity index is 1.82. The second kappa shape index (κ2) is 6.79. The molecule has 0 aliphatic heterocycles. The number of nitrogens with one attached hydrogen (secondary N) is 1. The van der Waals surface area contributed by atoms with Crippen molar-refractivity contribution in [1.82, 2.24) is 9.78 Å². The van der Waals surface area contributed by atoms with Crippen LogP contribution in [0.15, 0.2) is 64.2 Å². The molecule has 5 heteroatoms.